The van der Waals surface area contributed by atoms with Gasteiger partial charge in [-0.05, 0) is 41.0 Å². The summed E-state index contributed by atoms with van der Waals surface area (Å²) in [6.07, 6.45) is 3.88. The molecule has 0 spiro atoms. The van der Waals surface area contributed by atoms with Gasteiger partial charge in [0.15, 0.2) is 0 Å². The lowest BCUT2D eigenvalue weighted by molar-refractivity contribution is 0.0913. The van der Waals surface area contributed by atoms with Crippen LogP contribution in [0.1, 0.15) is 38.8 Å². The second-order valence-electron chi connectivity index (χ2n) is 7.81. The van der Waals surface area contributed by atoms with Crippen LogP contribution in [0.2, 0.25) is 0 Å². The Labute approximate surface area is 198 Å². The monoisotopic (exact) mass is 457 g/mol. The lowest BCUT2D eigenvalue weighted by atomic mass is 10.0. The number of rotatable bonds is 9. The summed E-state index contributed by atoms with van der Waals surface area (Å²) in [5.41, 5.74) is 4.68. The van der Waals surface area contributed by atoms with E-state index >= 15 is 0 Å². The SMILES string of the molecule is COCc1cccc(/C=C/c2[nH]nc3ccc(C(=O)N[C@H](CO)c4ccccc4)c(OC)c23)c1. The molecule has 1 atom stereocenters. The Morgan fingerprint density at radius 3 is 2.65 bits per heavy atom. The van der Waals surface area contributed by atoms with Crippen LogP contribution in [0, 0.1) is 0 Å². The highest BCUT2D eigenvalue weighted by atomic mass is 16.5. The van der Waals surface area contributed by atoms with Gasteiger partial charge in [0.25, 0.3) is 5.91 Å². The van der Waals surface area contributed by atoms with Crippen LogP contribution in [-0.4, -0.2) is 42.0 Å². The molecule has 3 aromatic carbocycles. The van der Waals surface area contributed by atoms with Crippen LogP contribution in [0.3, 0.4) is 0 Å². The Bertz CT molecular complexity index is 1300. The fraction of sp³-hybridized carbons (Fsp3) is 0.185. The molecule has 1 aromatic heterocycles. The van der Waals surface area contributed by atoms with Crippen molar-refractivity contribution in [1.29, 1.82) is 0 Å². The summed E-state index contributed by atoms with van der Waals surface area (Å²) < 4.78 is 10.9. The number of hydrogen-bond acceptors (Lipinski definition) is 5. The minimum absolute atomic E-state index is 0.220. The lowest BCUT2D eigenvalue weighted by Crippen LogP contribution is -2.31. The zero-order chi connectivity index (χ0) is 23.9. The molecule has 1 heterocycles. The minimum Gasteiger partial charge on any atom is -0.495 e. The average Bonchev–Trinajstić information content (AvgIpc) is 3.29. The fourth-order valence-corrected chi connectivity index (χ4v) is 3.90. The van der Waals surface area contributed by atoms with Gasteiger partial charge in [0.1, 0.15) is 5.75 Å². The molecule has 174 valence electrons. The molecule has 34 heavy (non-hydrogen) atoms. The number of aromatic nitrogens is 2. The summed E-state index contributed by atoms with van der Waals surface area (Å²) in [4.78, 5) is 13.2. The van der Waals surface area contributed by atoms with E-state index in [9.17, 15) is 9.90 Å². The van der Waals surface area contributed by atoms with Crippen LogP contribution in [0.4, 0.5) is 0 Å². The summed E-state index contributed by atoms with van der Waals surface area (Å²) in [5.74, 6) is 0.0753. The molecular weight excluding hydrogens is 430 g/mol. The van der Waals surface area contributed by atoms with Gasteiger partial charge in [-0.3, -0.25) is 9.89 Å². The third-order valence-electron chi connectivity index (χ3n) is 5.54. The molecular formula is C27H27N3O4. The van der Waals surface area contributed by atoms with Gasteiger partial charge >= 0.3 is 0 Å². The zero-order valence-electron chi connectivity index (χ0n) is 19.1. The number of nitrogens with zero attached hydrogens (tertiary/aromatic N) is 1. The molecule has 0 unspecified atom stereocenters. The summed E-state index contributed by atoms with van der Waals surface area (Å²) in [7, 11) is 3.20. The molecule has 4 aromatic rings. The van der Waals surface area contributed by atoms with Gasteiger partial charge in [-0.1, -0.05) is 54.6 Å². The van der Waals surface area contributed by atoms with E-state index in [1.807, 2.05) is 66.7 Å². The van der Waals surface area contributed by atoms with Gasteiger partial charge in [-0.2, -0.15) is 5.10 Å². The zero-order valence-corrected chi connectivity index (χ0v) is 19.1. The van der Waals surface area contributed by atoms with Crippen molar-refractivity contribution in [3.05, 3.63) is 94.7 Å². The number of carbonyl (C=O) groups is 1. The van der Waals surface area contributed by atoms with Crippen LogP contribution in [0.5, 0.6) is 5.75 Å². The number of ether oxygens (including phenoxy) is 2. The quantitative estimate of drug-likeness (QED) is 0.347. The van der Waals surface area contributed by atoms with Crippen molar-refractivity contribution < 1.29 is 19.4 Å². The molecule has 0 aliphatic heterocycles. The number of carbonyl (C=O) groups excluding carboxylic acids is 1. The molecule has 0 saturated carbocycles. The number of aromatic amines is 1. The second kappa shape index (κ2) is 10.8. The predicted molar refractivity (Wildman–Crippen MR) is 132 cm³/mol. The number of aliphatic hydroxyl groups is 1. The van der Waals surface area contributed by atoms with Crippen molar-refractivity contribution in [1.82, 2.24) is 15.5 Å². The van der Waals surface area contributed by atoms with Crippen molar-refractivity contribution in [3.8, 4) is 5.75 Å². The van der Waals surface area contributed by atoms with Crippen LogP contribution >= 0.6 is 0 Å². The molecule has 4 rings (SSSR count). The highest BCUT2D eigenvalue weighted by molar-refractivity contribution is 6.05. The summed E-state index contributed by atoms with van der Waals surface area (Å²) in [6, 6.07) is 20.3. The number of benzene rings is 3. The van der Waals surface area contributed by atoms with E-state index in [0.29, 0.717) is 28.8 Å². The number of fused-ring (bicyclic) bond motifs is 1. The first-order chi connectivity index (χ1) is 16.6. The van der Waals surface area contributed by atoms with E-state index in [4.69, 9.17) is 9.47 Å². The Hall–Kier alpha value is -3.94. The van der Waals surface area contributed by atoms with Gasteiger partial charge in [0.2, 0.25) is 0 Å². The molecule has 0 aliphatic carbocycles. The highest BCUT2D eigenvalue weighted by Crippen LogP contribution is 2.32. The van der Waals surface area contributed by atoms with Crippen LogP contribution < -0.4 is 10.1 Å². The molecule has 0 saturated heterocycles. The number of methoxy groups -OCH3 is 2. The first-order valence-electron chi connectivity index (χ1n) is 10.9. The first-order valence-corrected chi connectivity index (χ1v) is 10.9. The smallest absolute Gasteiger partial charge is 0.255 e. The van der Waals surface area contributed by atoms with E-state index in [1.165, 1.54) is 7.11 Å². The van der Waals surface area contributed by atoms with E-state index in [1.54, 1.807) is 19.2 Å². The van der Waals surface area contributed by atoms with Gasteiger partial charge < -0.3 is 19.9 Å². The van der Waals surface area contributed by atoms with E-state index in [0.717, 1.165) is 22.4 Å². The standard InChI is InChI=1S/C27H27N3O4/c1-33-17-19-8-6-7-18(15-19)11-13-22-25-23(30-29-22)14-12-21(26(25)34-2)27(32)28-24(16-31)20-9-4-3-5-10-20/h3-15,24,31H,16-17H2,1-2H3,(H,28,32)(H,29,30)/b13-11+/t24-/m1/s1. The van der Waals surface area contributed by atoms with Crippen LogP contribution in [0.15, 0.2) is 66.7 Å². The number of hydrogen-bond donors (Lipinski definition) is 3. The van der Waals surface area contributed by atoms with E-state index in [2.05, 4.69) is 15.5 Å². The largest absolute Gasteiger partial charge is 0.495 e. The van der Waals surface area contributed by atoms with Crippen LogP contribution in [0.25, 0.3) is 23.1 Å². The van der Waals surface area contributed by atoms with Gasteiger partial charge in [0, 0.05) is 7.11 Å². The predicted octanol–water partition coefficient (Wildman–Crippen LogP) is 4.35. The Morgan fingerprint density at radius 2 is 1.91 bits per heavy atom. The first kappa shape index (κ1) is 23.2. The highest BCUT2D eigenvalue weighted by Gasteiger charge is 2.21. The number of H-pyrrole nitrogens is 1. The third-order valence-corrected chi connectivity index (χ3v) is 5.54. The van der Waals surface area contributed by atoms with Crippen molar-refractivity contribution in [3.63, 3.8) is 0 Å². The number of amides is 1. The summed E-state index contributed by atoms with van der Waals surface area (Å²) in [5, 5.41) is 20.8. The van der Waals surface area contributed by atoms with Crippen molar-refractivity contribution in [2.24, 2.45) is 0 Å². The summed E-state index contributed by atoms with van der Waals surface area (Å²) in [6.45, 7) is 0.320. The van der Waals surface area contributed by atoms with E-state index in [-0.39, 0.29) is 12.5 Å². The second-order valence-corrected chi connectivity index (χ2v) is 7.81. The lowest BCUT2D eigenvalue weighted by Gasteiger charge is -2.18. The molecule has 7 nitrogen and oxygen atoms in total. The molecule has 0 aliphatic rings. The Kier molecular flexibility index (Phi) is 7.37. The maximum absolute atomic E-state index is 13.2. The topological polar surface area (TPSA) is 96.5 Å². The van der Waals surface area contributed by atoms with Crippen molar-refractivity contribution >= 4 is 29.0 Å². The molecule has 1 amide bonds. The maximum Gasteiger partial charge on any atom is 0.255 e. The van der Waals surface area contributed by atoms with Gasteiger partial charge in [-0.25, -0.2) is 0 Å². The van der Waals surface area contributed by atoms with Crippen molar-refractivity contribution in [2.45, 2.75) is 12.6 Å². The van der Waals surface area contributed by atoms with Gasteiger partial charge in [0.05, 0.1) is 48.5 Å². The molecule has 3 N–H and O–H groups in total. The fourth-order valence-electron chi connectivity index (χ4n) is 3.90. The molecule has 0 fully saturated rings. The summed E-state index contributed by atoms with van der Waals surface area (Å²) >= 11 is 0. The Balaban J connectivity index is 1.65. The normalized spacial score (nSPS) is 12.2. The van der Waals surface area contributed by atoms with Crippen LogP contribution in [-0.2, 0) is 11.3 Å². The third kappa shape index (κ3) is 5.01. The molecule has 0 bridgehead atoms. The molecule has 7 heteroatoms. The van der Waals surface area contributed by atoms with Gasteiger partial charge in [-0.15, -0.1) is 0 Å². The number of aliphatic hydroxyl groups excluding tert-OH is 1. The van der Waals surface area contributed by atoms with Crippen molar-refractivity contribution in [2.75, 3.05) is 20.8 Å². The van der Waals surface area contributed by atoms with E-state index < -0.39 is 6.04 Å². The minimum atomic E-state index is -0.530. The Morgan fingerprint density at radius 1 is 1.09 bits per heavy atom. The number of nitrogens with one attached hydrogen (secondary N) is 2. The molecule has 0 radical (unpaired) electrons. The maximum atomic E-state index is 13.2. The average molecular weight is 458 g/mol.